The highest BCUT2D eigenvalue weighted by Gasteiger charge is 2.46. The van der Waals surface area contributed by atoms with Crippen LogP contribution in [0.1, 0.15) is 26.2 Å². The summed E-state index contributed by atoms with van der Waals surface area (Å²) in [6.07, 6.45) is 1.50. The van der Waals surface area contributed by atoms with E-state index in [1.807, 2.05) is 0 Å². The van der Waals surface area contributed by atoms with Gasteiger partial charge in [0.1, 0.15) is 0 Å². The maximum absolute atomic E-state index is 11.4. The maximum Gasteiger partial charge on any atom is 0.314 e. The van der Waals surface area contributed by atoms with Crippen molar-refractivity contribution in [3.8, 4) is 0 Å². The summed E-state index contributed by atoms with van der Waals surface area (Å²) in [5, 5.41) is 9.77. The summed E-state index contributed by atoms with van der Waals surface area (Å²) in [4.78, 5) is 11.4. The van der Waals surface area contributed by atoms with Gasteiger partial charge in [0.2, 0.25) is 0 Å². The molecule has 1 rings (SSSR count). The molecule has 4 heteroatoms. The lowest BCUT2D eigenvalue weighted by molar-refractivity contribution is -0.163. The molecule has 76 valence electrons. The number of methoxy groups -OCH3 is 1. The number of hydrogen-bond donors (Lipinski definition) is 2. The molecule has 1 aliphatic rings. The van der Waals surface area contributed by atoms with E-state index in [1.165, 1.54) is 7.11 Å². The number of nitrogens with two attached hydrogens (primary N) is 1. The molecule has 0 spiro atoms. The quantitative estimate of drug-likeness (QED) is 0.568. The van der Waals surface area contributed by atoms with E-state index in [4.69, 9.17) is 5.73 Å². The first kappa shape index (κ1) is 10.5. The largest absolute Gasteiger partial charge is 0.469 e. The fraction of sp³-hybridized carbons (Fsp3) is 0.889. The molecular formula is C9H17NO3. The second-order valence-electron chi connectivity index (χ2n) is 3.91. The van der Waals surface area contributed by atoms with Crippen LogP contribution in [0.5, 0.6) is 0 Å². The van der Waals surface area contributed by atoms with E-state index in [0.29, 0.717) is 6.42 Å². The highest BCUT2D eigenvalue weighted by molar-refractivity contribution is 5.77. The summed E-state index contributed by atoms with van der Waals surface area (Å²) in [6, 6.07) is -0.308. The standard InChI is InChI=1S/C9H17NO3/c1-9(8(12)13-2)5-3-4-6(10)7(9)11/h6-7,11H,3-5,10H2,1-2H3. The predicted octanol–water partition coefficient (Wildman–Crippen LogP) is 0.0378. The van der Waals surface area contributed by atoms with Crippen LogP contribution in [0, 0.1) is 5.41 Å². The number of carbonyl (C=O) groups is 1. The molecule has 1 saturated carbocycles. The van der Waals surface area contributed by atoms with Crippen molar-refractivity contribution in [2.75, 3.05) is 7.11 Å². The third kappa shape index (κ3) is 1.69. The van der Waals surface area contributed by atoms with Gasteiger partial charge in [-0.05, 0) is 19.8 Å². The molecule has 0 amide bonds. The molecule has 0 aromatic rings. The van der Waals surface area contributed by atoms with E-state index in [2.05, 4.69) is 4.74 Å². The number of aliphatic hydroxyl groups is 1. The first-order chi connectivity index (χ1) is 6.02. The molecule has 0 radical (unpaired) electrons. The van der Waals surface area contributed by atoms with Crippen LogP contribution in [-0.4, -0.2) is 30.3 Å². The maximum atomic E-state index is 11.4. The smallest absolute Gasteiger partial charge is 0.314 e. The van der Waals surface area contributed by atoms with Gasteiger partial charge in [0.25, 0.3) is 0 Å². The number of ether oxygens (including phenoxy) is 1. The molecule has 0 saturated heterocycles. The van der Waals surface area contributed by atoms with Crippen LogP contribution >= 0.6 is 0 Å². The normalized spacial score (nSPS) is 40.0. The highest BCUT2D eigenvalue weighted by atomic mass is 16.5. The SMILES string of the molecule is COC(=O)C1(C)CCCC(N)C1O. The monoisotopic (exact) mass is 187 g/mol. The predicted molar refractivity (Wildman–Crippen MR) is 48.0 cm³/mol. The van der Waals surface area contributed by atoms with E-state index in [1.54, 1.807) is 6.92 Å². The first-order valence-corrected chi connectivity index (χ1v) is 4.54. The van der Waals surface area contributed by atoms with Crippen molar-refractivity contribution in [1.82, 2.24) is 0 Å². The van der Waals surface area contributed by atoms with Gasteiger partial charge >= 0.3 is 5.97 Å². The minimum absolute atomic E-state index is 0.308. The van der Waals surface area contributed by atoms with Crippen LogP contribution in [0.3, 0.4) is 0 Å². The Kier molecular flexibility index (Phi) is 2.93. The van der Waals surface area contributed by atoms with Crippen molar-refractivity contribution in [3.05, 3.63) is 0 Å². The fourth-order valence-electron chi connectivity index (χ4n) is 1.94. The van der Waals surface area contributed by atoms with Gasteiger partial charge in [-0.25, -0.2) is 0 Å². The summed E-state index contributed by atoms with van der Waals surface area (Å²) in [5.41, 5.74) is 4.88. The van der Waals surface area contributed by atoms with Gasteiger partial charge in [-0.2, -0.15) is 0 Å². The Morgan fingerprint density at radius 2 is 2.31 bits per heavy atom. The summed E-state index contributed by atoms with van der Waals surface area (Å²) >= 11 is 0. The molecule has 0 aliphatic heterocycles. The van der Waals surface area contributed by atoms with Crippen LogP contribution in [-0.2, 0) is 9.53 Å². The van der Waals surface area contributed by atoms with Crippen molar-refractivity contribution in [2.45, 2.75) is 38.3 Å². The third-order valence-corrected chi connectivity index (χ3v) is 2.94. The van der Waals surface area contributed by atoms with E-state index in [9.17, 15) is 9.90 Å². The Bertz CT molecular complexity index is 207. The highest BCUT2D eigenvalue weighted by Crippen LogP contribution is 2.36. The summed E-state index contributed by atoms with van der Waals surface area (Å²) in [6.45, 7) is 1.71. The number of hydrogen-bond acceptors (Lipinski definition) is 4. The lowest BCUT2D eigenvalue weighted by atomic mass is 9.71. The molecule has 3 unspecified atom stereocenters. The first-order valence-electron chi connectivity index (χ1n) is 4.54. The Morgan fingerprint density at radius 3 is 2.85 bits per heavy atom. The Hall–Kier alpha value is -0.610. The molecular weight excluding hydrogens is 170 g/mol. The second kappa shape index (κ2) is 3.64. The Morgan fingerprint density at radius 1 is 1.69 bits per heavy atom. The molecule has 0 aromatic heterocycles. The van der Waals surface area contributed by atoms with Gasteiger partial charge < -0.3 is 15.6 Å². The van der Waals surface area contributed by atoms with Crippen LogP contribution in [0.25, 0.3) is 0 Å². The van der Waals surface area contributed by atoms with Crippen molar-refractivity contribution in [2.24, 2.45) is 11.1 Å². The molecule has 0 aromatic carbocycles. The van der Waals surface area contributed by atoms with Crippen LogP contribution in [0.4, 0.5) is 0 Å². The van der Waals surface area contributed by atoms with Crippen molar-refractivity contribution in [1.29, 1.82) is 0 Å². The van der Waals surface area contributed by atoms with E-state index >= 15 is 0 Å². The Labute approximate surface area is 78.1 Å². The van der Waals surface area contributed by atoms with Crippen molar-refractivity contribution < 1.29 is 14.6 Å². The molecule has 3 N–H and O–H groups in total. The Balaban J connectivity index is 2.80. The van der Waals surface area contributed by atoms with Crippen molar-refractivity contribution >= 4 is 5.97 Å². The average Bonchev–Trinajstić information content (AvgIpc) is 2.13. The van der Waals surface area contributed by atoms with Crippen LogP contribution in [0.15, 0.2) is 0 Å². The third-order valence-electron chi connectivity index (χ3n) is 2.94. The van der Waals surface area contributed by atoms with Crippen molar-refractivity contribution in [3.63, 3.8) is 0 Å². The minimum atomic E-state index is -0.813. The zero-order valence-corrected chi connectivity index (χ0v) is 8.12. The number of rotatable bonds is 1. The second-order valence-corrected chi connectivity index (χ2v) is 3.91. The topological polar surface area (TPSA) is 72.5 Å². The average molecular weight is 187 g/mol. The van der Waals surface area contributed by atoms with Gasteiger partial charge in [-0.3, -0.25) is 4.79 Å². The summed E-state index contributed by atoms with van der Waals surface area (Å²) < 4.78 is 4.66. The van der Waals surface area contributed by atoms with Gasteiger partial charge in [0.15, 0.2) is 0 Å². The van der Waals surface area contributed by atoms with E-state index in [-0.39, 0.29) is 12.0 Å². The zero-order valence-electron chi connectivity index (χ0n) is 8.12. The molecule has 4 nitrogen and oxygen atoms in total. The lowest BCUT2D eigenvalue weighted by Gasteiger charge is -2.39. The number of aliphatic hydroxyl groups excluding tert-OH is 1. The fourth-order valence-corrected chi connectivity index (χ4v) is 1.94. The van der Waals surface area contributed by atoms with Gasteiger partial charge in [0.05, 0.1) is 18.6 Å². The lowest BCUT2D eigenvalue weighted by Crippen LogP contribution is -2.53. The molecule has 3 atom stereocenters. The van der Waals surface area contributed by atoms with Crippen LogP contribution in [0.2, 0.25) is 0 Å². The van der Waals surface area contributed by atoms with Gasteiger partial charge in [0, 0.05) is 6.04 Å². The van der Waals surface area contributed by atoms with E-state index in [0.717, 1.165) is 12.8 Å². The summed E-state index contributed by atoms with van der Waals surface area (Å²) in [7, 11) is 1.33. The molecule has 1 aliphatic carbocycles. The zero-order chi connectivity index (χ0) is 10.1. The van der Waals surface area contributed by atoms with Gasteiger partial charge in [-0.15, -0.1) is 0 Å². The van der Waals surface area contributed by atoms with Crippen LogP contribution < -0.4 is 5.73 Å². The number of carbonyl (C=O) groups excluding carboxylic acids is 1. The van der Waals surface area contributed by atoms with E-state index < -0.39 is 11.5 Å². The molecule has 1 fully saturated rings. The van der Waals surface area contributed by atoms with Gasteiger partial charge in [-0.1, -0.05) is 6.42 Å². The molecule has 0 heterocycles. The minimum Gasteiger partial charge on any atom is -0.469 e. The molecule has 13 heavy (non-hydrogen) atoms. The number of esters is 1. The summed E-state index contributed by atoms with van der Waals surface area (Å²) in [5.74, 6) is -0.366. The molecule has 0 bridgehead atoms.